The Morgan fingerprint density at radius 2 is 0.704 bits per heavy atom. The molecule has 0 aliphatic rings. The first-order chi connectivity index (χ1) is 26.1. The van der Waals surface area contributed by atoms with Crippen LogP contribution in [0.3, 0.4) is 0 Å². The van der Waals surface area contributed by atoms with Gasteiger partial charge in [0.2, 0.25) is 23.6 Å². The number of carboxylic acids is 1. The maximum atomic E-state index is 13.7. The van der Waals surface area contributed by atoms with Crippen molar-refractivity contribution in [3.63, 3.8) is 0 Å². The smallest absolute Gasteiger partial charge is 0.326 e. The fourth-order valence-electron chi connectivity index (χ4n) is 6.42. The Hall–Kier alpha value is -2.81. The fourth-order valence-corrected chi connectivity index (χ4v) is 6.42. The molecule has 0 aromatic carbocycles. The summed E-state index contributed by atoms with van der Waals surface area (Å²) in [6.45, 7) is 3.91. The second-order valence-electron chi connectivity index (χ2n) is 14.8. The van der Waals surface area contributed by atoms with Gasteiger partial charge in [-0.2, -0.15) is 0 Å². The summed E-state index contributed by atoms with van der Waals surface area (Å²) in [5, 5.41) is 20.8. The quantitative estimate of drug-likeness (QED) is 0.0408. The van der Waals surface area contributed by atoms with Crippen LogP contribution in [0.25, 0.3) is 0 Å². The van der Waals surface area contributed by atoms with Gasteiger partial charge in [-0.25, -0.2) is 4.79 Å². The van der Waals surface area contributed by atoms with Gasteiger partial charge in [0.15, 0.2) is 0 Å². The number of nitrogens with one attached hydrogen (secondary N) is 4. The van der Waals surface area contributed by atoms with Gasteiger partial charge in [0, 0.05) is 6.42 Å². The van der Waals surface area contributed by atoms with E-state index in [1.165, 1.54) is 64.2 Å². The van der Waals surface area contributed by atoms with E-state index >= 15 is 0 Å². The van der Waals surface area contributed by atoms with Gasteiger partial charge >= 0.3 is 5.97 Å². The highest BCUT2D eigenvalue weighted by Crippen LogP contribution is 2.14. The molecule has 0 aliphatic carbocycles. The van der Waals surface area contributed by atoms with Gasteiger partial charge in [-0.05, 0) is 110 Å². The highest BCUT2D eigenvalue weighted by atomic mass is 16.4. The Labute approximate surface area is 326 Å². The van der Waals surface area contributed by atoms with Gasteiger partial charge < -0.3 is 49.3 Å². The molecule has 0 aliphatic heterocycles. The first-order valence-corrected chi connectivity index (χ1v) is 21.4. The minimum absolute atomic E-state index is 0.203. The van der Waals surface area contributed by atoms with Crippen LogP contribution in [0.2, 0.25) is 0 Å². The molecule has 54 heavy (non-hydrogen) atoms. The highest BCUT2D eigenvalue weighted by Gasteiger charge is 2.31. The Morgan fingerprint density at radius 1 is 0.407 bits per heavy atom. The van der Waals surface area contributed by atoms with Gasteiger partial charge in [-0.3, -0.25) is 19.2 Å². The molecule has 0 saturated carbocycles. The van der Waals surface area contributed by atoms with Crippen molar-refractivity contribution in [3.8, 4) is 0 Å². The average molecular weight is 769 g/mol. The summed E-state index contributed by atoms with van der Waals surface area (Å²) in [7, 11) is 0. The molecule has 0 spiro atoms. The van der Waals surface area contributed by atoms with Crippen molar-refractivity contribution in [2.75, 3.05) is 26.2 Å². The third-order valence-corrected chi connectivity index (χ3v) is 9.83. The Morgan fingerprint density at radius 3 is 1.04 bits per heavy atom. The third kappa shape index (κ3) is 27.7. The lowest BCUT2D eigenvalue weighted by Gasteiger charge is -2.26. The molecule has 316 valence electrons. The van der Waals surface area contributed by atoms with Crippen LogP contribution < -0.4 is 44.2 Å². The van der Waals surface area contributed by atoms with Crippen LogP contribution in [-0.4, -0.2) is 85.1 Å². The number of unbranched alkanes of at least 4 members (excludes halogenated alkanes) is 16. The summed E-state index contributed by atoms with van der Waals surface area (Å²) >= 11 is 0. The van der Waals surface area contributed by atoms with E-state index in [1.807, 2.05) is 0 Å². The normalized spacial score (nSPS) is 13.4. The average Bonchev–Trinajstić information content (AvgIpc) is 3.15. The molecule has 0 saturated heterocycles. The Kier molecular flexibility index (Phi) is 34.0. The number of nitrogens with two attached hydrogens (primary N) is 4. The predicted octanol–water partition coefficient (Wildman–Crippen LogP) is 4.01. The molecule has 0 aromatic rings. The SMILES string of the molecule is CCCCCCCCCCCCCCCC(=O)N[C@@H](CCCCN)C(=O)N[C@@H](CCCCN)C(=O)N[C@H](CCCCN)C(=O)N[C@@H](CCCCN)C(=O)O. The molecular formula is C40H80N8O6. The van der Waals surface area contributed by atoms with Crippen molar-refractivity contribution in [1.82, 2.24) is 21.3 Å². The molecule has 0 bridgehead atoms. The van der Waals surface area contributed by atoms with Crippen molar-refractivity contribution in [3.05, 3.63) is 0 Å². The van der Waals surface area contributed by atoms with Gasteiger partial charge in [0.1, 0.15) is 24.2 Å². The van der Waals surface area contributed by atoms with Gasteiger partial charge in [0.25, 0.3) is 0 Å². The van der Waals surface area contributed by atoms with E-state index in [0.29, 0.717) is 90.4 Å². The third-order valence-electron chi connectivity index (χ3n) is 9.83. The number of carboxylic acid groups (broad SMARTS) is 1. The van der Waals surface area contributed by atoms with Crippen molar-refractivity contribution in [1.29, 1.82) is 0 Å². The summed E-state index contributed by atoms with van der Waals surface area (Å²) < 4.78 is 0. The highest BCUT2D eigenvalue weighted by molar-refractivity contribution is 5.95. The number of rotatable bonds is 38. The summed E-state index contributed by atoms with van der Waals surface area (Å²) in [6.07, 6.45) is 21.9. The molecule has 0 radical (unpaired) electrons. The molecule has 0 fully saturated rings. The molecule has 13 N–H and O–H groups in total. The van der Waals surface area contributed by atoms with E-state index in [0.717, 1.165) is 19.3 Å². The number of hydrogen-bond donors (Lipinski definition) is 9. The van der Waals surface area contributed by atoms with Gasteiger partial charge in [0.05, 0.1) is 0 Å². The van der Waals surface area contributed by atoms with Crippen LogP contribution in [0.1, 0.15) is 174 Å². The lowest BCUT2D eigenvalue weighted by molar-refractivity contribution is -0.142. The lowest BCUT2D eigenvalue weighted by atomic mass is 10.0. The van der Waals surface area contributed by atoms with Crippen molar-refractivity contribution in [2.45, 2.75) is 198 Å². The Balaban J connectivity index is 5.35. The van der Waals surface area contributed by atoms with Crippen LogP contribution in [0.4, 0.5) is 0 Å². The zero-order valence-corrected chi connectivity index (χ0v) is 33.8. The van der Waals surface area contributed by atoms with Crippen LogP contribution in [-0.2, 0) is 24.0 Å². The standard InChI is InChI=1S/C40H80N8O6/c1-2-3-4-5-6-7-8-9-10-11-12-13-14-27-36(49)45-32(23-15-19-28-41)37(50)46-33(24-16-20-29-42)38(51)47-34(25-17-21-30-43)39(52)48-35(40(53)54)26-18-22-31-44/h32-35H,2-31,41-44H2,1H3,(H,45,49)(H,46,50)(H,47,51)(H,48,52)(H,53,54)/t32-,33-,34+,35-/m0/s1. The Bertz CT molecular complexity index is 988. The first-order valence-electron chi connectivity index (χ1n) is 21.4. The predicted molar refractivity (Wildman–Crippen MR) is 217 cm³/mol. The molecule has 14 heteroatoms. The van der Waals surface area contributed by atoms with E-state index < -0.39 is 47.9 Å². The van der Waals surface area contributed by atoms with Gasteiger partial charge in [-0.1, -0.05) is 84.0 Å². The number of carbonyl (C=O) groups excluding carboxylic acids is 4. The van der Waals surface area contributed by atoms with E-state index in [-0.39, 0.29) is 25.2 Å². The second kappa shape index (κ2) is 35.9. The zero-order valence-electron chi connectivity index (χ0n) is 33.8. The summed E-state index contributed by atoms with van der Waals surface area (Å²) in [6, 6.07) is -4.00. The maximum absolute atomic E-state index is 13.7. The van der Waals surface area contributed by atoms with Crippen molar-refractivity contribution < 1.29 is 29.1 Å². The minimum Gasteiger partial charge on any atom is -0.480 e. The molecule has 0 unspecified atom stereocenters. The molecule has 4 atom stereocenters. The summed E-state index contributed by atoms with van der Waals surface area (Å²) in [5.74, 6) is -3.04. The number of hydrogen-bond acceptors (Lipinski definition) is 9. The van der Waals surface area contributed by atoms with E-state index in [2.05, 4.69) is 28.2 Å². The molecule has 0 aromatic heterocycles. The minimum atomic E-state index is -1.17. The zero-order chi connectivity index (χ0) is 40.2. The number of carbonyl (C=O) groups is 5. The monoisotopic (exact) mass is 769 g/mol. The number of amides is 4. The van der Waals surface area contributed by atoms with Crippen LogP contribution >= 0.6 is 0 Å². The summed E-state index contributed by atoms with van der Waals surface area (Å²) in [4.78, 5) is 65.5. The van der Waals surface area contributed by atoms with Crippen molar-refractivity contribution in [2.24, 2.45) is 22.9 Å². The van der Waals surface area contributed by atoms with E-state index in [1.54, 1.807) is 0 Å². The van der Waals surface area contributed by atoms with E-state index in [4.69, 9.17) is 22.9 Å². The maximum Gasteiger partial charge on any atom is 0.326 e. The molecule has 4 amide bonds. The molecule has 0 rings (SSSR count). The largest absolute Gasteiger partial charge is 0.480 e. The van der Waals surface area contributed by atoms with E-state index in [9.17, 15) is 29.1 Å². The van der Waals surface area contributed by atoms with Crippen LogP contribution in [0, 0.1) is 0 Å². The topological polar surface area (TPSA) is 258 Å². The van der Waals surface area contributed by atoms with Crippen LogP contribution in [0.15, 0.2) is 0 Å². The second-order valence-corrected chi connectivity index (χ2v) is 14.8. The molecular weight excluding hydrogens is 688 g/mol. The first kappa shape index (κ1) is 51.2. The van der Waals surface area contributed by atoms with Gasteiger partial charge in [-0.15, -0.1) is 0 Å². The van der Waals surface area contributed by atoms with Crippen LogP contribution in [0.5, 0.6) is 0 Å². The lowest BCUT2D eigenvalue weighted by Crippen LogP contribution is -2.57. The molecule has 0 heterocycles. The fraction of sp³-hybridized carbons (Fsp3) is 0.875. The number of aliphatic carboxylic acids is 1. The van der Waals surface area contributed by atoms with Crippen molar-refractivity contribution >= 4 is 29.6 Å². The molecule has 14 nitrogen and oxygen atoms in total. The summed E-state index contributed by atoms with van der Waals surface area (Å²) in [5.41, 5.74) is 22.6.